The third-order valence-electron chi connectivity index (χ3n) is 4.06. The lowest BCUT2D eigenvalue weighted by atomic mass is 10.2. The normalized spacial score (nSPS) is 14.4. The fraction of sp³-hybridized carbons (Fsp3) is 0.579. The Hall–Kier alpha value is -2.08. The molecule has 0 heterocycles. The maximum atomic E-state index is 11.6. The zero-order chi connectivity index (χ0) is 17.9. The van der Waals surface area contributed by atoms with E-state index in [1.807, 2.05) is 13.0 Å². The number of nitrogens with zero attached hydrogens (tertiary/aromatic N) is 2. The summed E-state index contributed by atoms with van der Waals surface area (Å²) in [6.45, 7) is 6.73. The molecule has 6 nitrogen and oxygen atoms in total. The van der Waals surface area contributed by atoms with Gasteiger partial charge < -0.3 is 20.9 Å². The Labute approximate surface area is 151 Å². The van der Waals surface area contributed by atoms with Crippen molar-refractivity contribution in [2.24, 2.45) is 10.9 Å². The summed E-state index contributed by atoms with van der Waals surface area (Å²) in [5, 5.41) is 9.45. The zero-order valence-corrected chi connectivity index (χ0v) is 15.4. The number of hydrogen-bond acceptors (Lipinski definition) is 3. The molecule has 1 aromatic carbocycles. The minimum atomic E-state index is 0.186. The van der Waals surface area contributed by atoms with Gasteiger partial charge in [-0.3, -0.25) is 9.79 Å². The van der Waals surface area contributed by atoms with E-state index in [-0.39, 0.29) is 11.8 Å². The Morgan fingerprint density at radius 2 is 1.88 bits per heavy atom. The van der Waals surface area contributed by atoms with E-state index in [0.717, 1.165) is 45.0 Å². The van der Waals surface area contributed by atoms with Crippen molar-refractivity contribution < 1.29 is 4.79 Å². The van der Waals surface area contributed by atoms with Crippen LogP contribution in [0.25, 0.3) is 0 Å². The van der Waals surface area contributed by atoms with Gasteiger partial charge in [0.15, 0.2) is 5.96 Å². The van der Waals surface area contributed by atoms with E-state index >= 15 is 0 Å². The fourth-order valence-corrected chi connectivity index (χ4v) is 2.50. The standard InChI is InChI=1S/C19H31N5O/c1-3-20-19(22-12-11-21-18(25)17-9-10-17)23-13-14-24(2)15-16-7-5-4-6-8-16/h4-8,17H,3,9-15H2,1-2H3,(H,21,25)(H2,20,22,23). The molecule has 0 aliphatic heterocycles. The summed E-state index contributed by atoms with van der Waals surface area (Å²) >= 11 is 0. The number of nitrogens with one attached hydrogen (secondary N) is 3. The fourth-order valence-electron chi connectivity index (χ4n) is 2.50. The van der Waals surface area contributed by atoms with E-state index in [1.54, 1.807) is 0 Å². The van der Waals surface area contributed by atoms with Crippen molar-refractivity contribution in [1.82, 2.24) is 20.9 Å². The van der Waals surface area contributed by atoms with Crippen molar-refractivity contribution in [3.63, 3.8) is 0 Å². The molecular formula is C19H31N5O. The van der Waals surface area contributed by atoms with Gasteiger partial charge in [0, 0.05) is 38.6 Å². The lowest BCUT2D eigenvalue weighted by molar-refractivity contribution is -0.122. The first-order valence-corrected chi connectivity index (χ1v) is 9.21. The van der Waals surface area contributed by atoms with Crippen LogP contribution in [0, 0.1) is 5.92 Å². The van der Waals surface area contributed by atoms with Crippen molar-refractivity contribution in [3.05, 3.63) is 35.9 Å². The lowest BCUT2D eigenvalue weighted by Gasteiger charge is -2.16. The highest BCUT2D eigenvalue weighted by Gasteiger charge is 2.28. The first-order valence-electron chi connectivity index (χ1n) is 9.21. The summed E-state index contributed by atoms with van der Waals surface area (Å²) in [5.74, 6) is 1.25. The van der Waals surface area contributed by atoms with Crippen molar-refractivity contribution in [2.75, 3.05) is 39.8 Å². The van der Waals surface area contributed by atoms with Crippen LogP contribution in [-0.4, -0.2) is 56.5 Å². The molecule has 1 fully saturated rings. The van der Waals surface area contributed by atoms with Crippen molar-refractivity contribution >= 4 is 11.9 Å². The van der Waals surface area contributed by atoms with E-state index in [1.165, 1.54) is 5.56 Å². The molecule has 0 aromatic heterocycles. The first-order chi connectivity index (χ1) is 12.2. The van der Waals surface area contributed by atoms with E-state index in [2.05, 4.69) is 57.2 Å². The zero-order valence-electron chi connectivity index (χ0n) is 15.4. The molecule has 1 saturated carbocycles. The molecule has 0 saturated heterocycles. The molecule has 0 atom stereocenters. The van der Waals surface area contributed by atoms with Gasteiger partial charge in [0.2, 0.25) is 5.91 Å². The van der Waals surface area contributed by atoms with Gasteiger partial charge in [-0.2, -0.15) is 0 Å². The van der Waals surface area contributed by atoms with Crippen molar-refractivity contribution in [2.45, 2.75) is 26.3 Å². The number of amides is 1. The monoisotopic (exact) mass is 345 g/mol. The van der Waals surface area contributed by atoms with E-state index < -0.39 is 0 Å². The SMILES string of the molecule is CCNC(=NCCN(C)Cc1ccccc1)NCCNC(=O)C1CC1. The molecule has 0 radical (unpaired) electrons. The molecule has 3 N–H and O–H groups in total. The van der Waals surface area contributed by atoms with Gasteiger partial charge in [0.1, 0.15) is 0 Å². The third-order valence-corrected chi connectivity index (χ3v) is 4.06. The predicted molar refractivity (Wildman–Crippen MR) is 102 cm³/mol. The van der Waals surface area contributed by atoms with Crippen LogP contribution in [0.1, 0.15) is 25.3 Å². The van der Waals surface area contributed by atoms with Gasteiger partial charge in [-0.1, -0.05) is 30.3 Å². The van der Waals surface area contributed by atoms with Gasteiger partial charge in [0.05, 0.1) is 6.54 Å². The number of likely N-dealkylation sites (N-methyl/N-ethyl adjacent to an activating group) is 1. The van der Waals surface area contributed by atoms with Gasteiger partial charge in [-0.25, -0.2) is 0 Å². The summed E-state index contributed by atoms with van der Waals surface area (Å²) in [6.07, 6.45) is 2.08. The highest BCUT2D eigenvalue weighted by Crippen LogP contribution is 2.28. The Kier molecular flexibility index (Phi) is 8.25. The van der Waals surface area contributed by atoms with E-state index in [0.29, 0.717) is 13.1 Å². The molecule has 0 bridgehead atoms. The molecule has 0 spiro atoms. The van der Waals surface area contributed by atoms with Crippen molar-refractivity contribution in [3.8, 4) is 0 Å². The third kappa shape index (κ3) is 8.03. The van der Waals surface area contributed by atoms with Crippen LogP contribution >= 0.6 is 0 Å². The van der Waals surface area contributed by atoms with Gasteiger partial charge >= 0.3 is 0 Å². The largest absolute Gasteiger partial charge is 0.357 e. The van der Waals surface area contributed by atoms with E-state index in [4.69, 9.17) is 0 Å². The molecule has 0 unspecified atom stereocenters. The average Bonchev–Trinajstić information content (AvgIpc) is 3.44. The molecule has 1 aliphatic rings. The predicted octanol–water partition coefficient (Wildman–Crippen LogP) is 1.20. The second kappa shape index (κ2) is 10.7. The van der Waals surface area contributed by atoms with Crippen LogP contribution in [0.15, 0.2) is 35.3 Å². The van der Waals surface area contributed by atoms with E-state index in [9.17, 15) is 4.79 Å². The summed E-state index contributed by atoms with van der Waals surface area (Å²) in [4.78, 5) is 18.4. The highest BCUT2D eigenvalue weighted by atomic mass is 16.2. The number of guanidine groups is 1. The Morgan fingerprint density at radius 3 is 2.56 bits per heavy atom. The lowest BCUT2D eigenvalue weighted by Crippen LogP contribution is -2.42. The van der Waals surface area contributed by atoms with Crippen LogP contribution in [0.5, 0.6) is 0 Å². The Balaban J connectivity index is 1.64. The topological polar surface area (TPSA) is 68.8 Å². The summed E-state index contributed by atoms with van der Waals surface area (Å²) in [5.41, 5.74) is 1.31. The van der Waals surface area contributed by atoms with Crippen LogP contribution < -0.4 is 16.0 Å². The second-order valence-corrected chi connectivity index (χ2v) is 6.48. The summed E-state index contributed by atoms with van der Waals surface area (Å²) < 4.78 is 0. The number of carbonyl (C=O) groups is 1. The number of hydrogen-bond donors (Lipinski definition) is 3. The Morgan fingerprint density at radius 1 is 1.16 bits per heavy atom. The molecular weight excluding hydrogens is 314 g/mol. The highest BCUT2D eigenvalue weighted by molar-refractivity contribution is 5.81. The number of benzene rings is 1. The minimum Gasteiger partial charge on any atom is -0.357 e. The summed E-state index contributed by atoms with van der Waals surface area (Å²) in [6, 6.07) is 10.4. The second-order valence-electron chi connectivity index (χ2n) is 6.48. The van der Waals surface area contributed by atoms with Gasteiger partial charge in [-0.15, -0.1) is 0 Å². The van der Waals surface area contributed by atoms with Crippen LogP contribution in [0.3, 0.4) is 0 Å². The average molecular weight is 345 g/mol. The molecule has 1 amide bonds. The molecule has 25 heavy (non-hydrogen) atoms. The van der Waals surface area contributed by atoms with Crippen LogP contribution in [-0.2, 0) is 11.3 Å². The van der Waals surface area contributed by atoms with Crippen molar-refractivity contribution in [1.29, 1.82) is 0 Å². The first kappa shape index (κ1) is 19.2. The maximum absolute atomic E-state index is 11.6. The molecule has 138 valence electrons. The molecule has 6 heteroatoms. The minimum absolute atomic E-state index is 0.186. The van der Waals surface area contributed by atoms with Gasteiger partial charge in [-0.05, 0) is 32.4 Å². The number of rotatable bonds is 10. The number of carbonyl (C=O) groups excluding carboxylic acids is 1. The smallest absolute Gasteiger partial charge is 0.223 e. The maximum Gasteiger partial charge on any atom is 0.223 e. The molecule has 2 rings (SSSR count). The van der Waals surface area contributed by atoms with Gasteiger partial charge in [0.25, 0.3) is 0 Å². The quantitative estimate of drug-likeness (QED) is 0.339. The number of aliphatic imine (C=N–C) groups is 1. The Bertz CT molecular complexity index is 542. The van der Waals surface area contributed by atoms with Crippen LogP contribution in [0.4, 0.5) is 0 Å². The molecule has 1 aromatic rings. The van der Waals surface area contributed by atoms with Crippen LogP contribution in [0.2, 0.25) is 0 Å². The molecule has 1 aliphatic carbocycles. The summed E-state index contributed by atoms with van der Waals surface area (Å²) in [7, 11) is 2.11.